The second kappa shape index (κ2) is 6.78. The molecule has 0 radical (unpaired) electrons. The zero-order valence-corrected chi connectivity index (χ0v) is 14.3. The molecule has 1 heterocycles. The summed E-state index contributed by atoms with van der Waals surface area (Å²) in [4.78, 5) is 1.16. The highest BCUT2D eigenvalue weighted by molar-refractivity contribution is 9.10. The summed E-state index contributed by atoms with van der Waals surface area (Å²) < 4.78 is 3.13. The smallest absolute Gasteiger partial charge is 0.0762 e. The lowest BCUT2D eigenvalue weighted by atomic mass is 10.1. The van der Waals surface area contributed by atoms with Crippen LogP contribution in [0, 0.1) is 6.92 Å². The summed E-state index contributed by atoms with van der Waals surface area (Å²) in [6.45, 7) is 6.77. The minimum absolute atomic E-state index is 0.425. The number of thioether (sulfide) groups is 1. The Morgan fingerprint density at radius 1 is 1.45 bits per heavy atom. The van der Waals surface area contributed by atoms with Crippen LogP contribution in [0.2, 0.25) is 0 Å². The predicted octanol–water partition coefficient (Wildman–Crippen LogP) is 4.32. The Kier molecular flexibility index (Phi) is 5.29. The Hall–Kier alpha value is -0.780. The molecule has 20 heavy (non-hydrogen) atoms. The van der Waals surface area contributed by atoms with Gasteiger partial charge in [0.1, 0.15) is 0 Å². The van der Waals surface area contributed by atoms with Gasteiger partial charge in [0.25, 0.3) is 0 Å². The first kappa shape index (κ1) is 15.6. The Labute approximate surface area is 132 Å². The topological polar surface area (TPSA) is 38.0 Å². The number of benzene rings is 1. The largest absolute Gasteiger partial charge is 0.389 e. The lowest BCUT2D eigenvalue weighted by Crippen LogP contribution is -2.01. The van der Waals surface area contributed by atoms with Gasteiger partial charge in [0.05, 0.1) is 22.0 Å². The minimum atomic E-state index is -0.425. The van der Waals surface area contributed by atoms with Crippen LogP contribution in [0.5, 0.6) is 0 Å². The van der Waals surface area contributed by atoms with E-state index in [4.69, 9.17) is 0 Å². The molecule has 0 aliphatic heterocycles. The summed E-state index contributed by atoms with van der Waals surface area (Å²) >= 11 is 5.38. The van der Waals surface area contributed by atoms with Crippen molar-refractivity contribution >= 4 is 27.7 Å². The average molecular weight is 355 g/mol. The molecule has 1 aromatic heterocycles. The van der Waals surface area contributed by atoms with Gasteiger partial charge in [-0.15, -0.1) is 11.8 Å². The van der Waals surface area contributed by atoms with E-state index < -0.39 is 6.10 Å². The van der Waals surface area contributed by atoms with E-state index in [1.165, 1.54) is 5.69 Å². The fourth-order valence-corrected chi connectivity index (χ4v) is 3.62. The third-order valence-corrected chi connectivity index (χ3v) is 5.21. The van der Waals surface area contributed by atoms with E-state index in [0.717, 1.165) is 32.9 Å². The van der Waals surface area contributed by atoms with Gasteiger partial charge in [0.2, 0.25) is 0 Å². The van der Waals surface area contributed by atoms with Crippen LogP contribution >= 0.6 is 27.7 Å². The second-order valence-electron chi connectivity index (χ2n) is 4.70. The van der Waals surface area contributed by atoms with Crippen LogP contribution in [0.25, 0.3) is 0 Å². The number of aliphatic hydroxyl groups is 1. The van der Waals surface area contributed by atoms with Crippen molar-refractivity contribution in [3.63, 3.8) is 0 Å². The van der Waals surface area contributed by atoms with Gasteiger partial charge in [0, 0.05) is 17.2 Å². The van der Waals surface area contributed by atoms with Crippen LogP contribution in [0.15, 0.2) is 33.6 Å². The molecule has 0 spiro atoms. The maximum Gasteiger partial charge on any atom is 0.0762 e. The number of hydrogen-bond donors (Lipinski definition) is 1. The first-order valence-electron chi connectivity index (χ1n) is 6.65. The molecule has 2 aromatic rings. The average Bonchev–Trinajstić information content (AvgIpc) is 2.72. The Morgan fingerprint density at radius 3 is 2.85 bits per heavy atom. The Balaban J connectivity index is 2.15. The molecular weight excluding hydrogens is 336 g/mol. The molecule has 0 aliphatic carbocycles. The summed E-state index contributed by atoms with van der Waals surface area (Å²) in [6, 6.07) is 8.06. The van der Waals surface area contributed by atoms with Crippen molar-refractivity contribution in [1.82, 2.24) is 9.78 Å². The van der Waals surface area contributed by atoms with Crippen molar-refractivity contribution in [2.75, 3.05) is 0 Å². The quantitative estimate of drug-likeness (QED) is 0.812. The molecular formula is C15H19BrN2OS. The molecule has 108 valence electrons. The third-order valence-electron chi connectivity index (χ3n) is 3.17. The molecule has 3 nitrogen and oxygen atoms in total. The molecule has 0 aliphatic rings. The van der Waals surface area contributed by atoms with Crippen molar-refractivity contribution in [2.24, 2.45) is 0 Å². The van der Waals surface area contributed by atoms with Crippen molar-refractivity contribution in [3.05, 3.63) is 45.7 Å². The zero-order valence-electron chi connectivity index (χ0n) is 11.9. The number of halogens is 1. The highest BCUT2D eigenvalue weighted by Gasteiger charge is 2.12. The fourth-order valence-electron chi connectivity index (χ4n) is 2.02. The molecule has 0 bridgehead atoms. The third kappa shape index (κ3) is 3.45. The van der Waals surface area contributed by atoms with Crippen LogP contribution in [0.3, 0.4) is 0 Å². The number of aliphatic hydroxyl groups excluding tert-OH is 1. The van der Waals surface area contributed by atoms with Gasteiger partial charge in [-0.1, -0.05) is 12.1 Å². The number of hydrogen-bond acceptors (Lipinski definition) is 3. The predicted molar refractivity (Wildman–Crippen MR) is 87.0 cm³/mol. The SMILES string of the molecule is CCn1nc(C)c(Br)c1CSc1cccc(C(C)O)c1. The monoisotopic (exact) mass is 354 g/mol. The van der Waals surface area contributed by atoms with Gasteiger partial charge in [-0.3, -0.25) is 4.68 Å². The van der Waals surface area contributed by atoms with Gasteiger partial charge in [-0.05, 0) is 54.4 Å². The first-order chi connectivity index (χ1) is 9.52. The Bertz CT molecular complexity index is 596. The van der Waals surface area contributed by atoms with E-state index in [0.29, 0.717) is 0 Å². The van der Waals surface area contributed by atoms with Crippen LogP contribution in [0.1, 0.15) is 36.9 Å². The molecule has 5 heteroatoms. The molecule has 0 fully saturated rings. The molecule has 1 aromatic carbocycles. The number of aromatic nitrogens is 2. The van der Waals surface area contributed by atoms with Crippen LogP contribution in [0.4, 0.5) is 0 Å². The molecule has 0 saturated heterocycles. The van der Waals surface area contributed by atoms with Crippen molar-refractivity contribution in [1.29, 1.82) is 0 Å². The van der Waals surface area contributed by atoms with Gasteiger partial charge in [-0.2, -0.15) is 5.10 Å². The van der Waals surface area contributed by atoms with Crippen molar-refractivity contribution in [3.8, 4) is 0 Å². The maximum absolute atomic E-state index is 9.63. The fraction of sp³-hybridized carbons (Fsp3) is 0.400. The van der Waals surface area contributed by atoms with Gasteiger partial charge in [0.15, 0.2) is 0 Å². The highest BCUT2D eigenvalue weighted by Crippen LogP contribution is 2.30. The number of rotatable bonds is 5. The number of nitrogens with zero attached hydrogens (tertiary/aromatic N) is 2. The number of aryl methyl sites for hydroxylation is 2. The van der Waals surface area contributed by atoms with Gasteiger partial charge >= 0.3 is 0 Å². The summed E-state index contributed by atoms with van der Waals surface area (Å²) in [5.74, 6) is 0.860. The normalized spacial score (nSPS) is 12.7. The zero-order chi connectivity index (χ0) is 14.7. The lowest BCUT2D eigenvalue weighted by molar-refractivity contribution is 0.199. The van der Waals surface area contributed by atoms with Gasteiger partial charge in [-0.25, -0.2) is 0 Å². The molecule has 2 rings (SSSR count). The standard InChI is InChI=1S/C15H19BrN2OS/c1-4-18-14(15(16)10(2)17-18)9-20-13-7-5-6-12(8-13)11(3)19/h5-8,11,19H,4,9H2,1-3H3. The molecule has 0 saturated carbocycles. The molecule has 0 amide bonds. The van der Waals surface area contributed by atoms with E-state index in [1.54, 1.807) is 18.7 Å². The van der Waals surface area contributed by atoms with Crippen LogP contribution in [-0.4, -0.2) is 14.9 Å². The van der Waals surface area contributed by atoms with Crippen LogP contribution < -0.4 is 0 Å². The minimum Gasteiger partial charge on any atom is -0.389 e. The van der Waals surface area contributed by atoms with Crippen LogP contribution in [-0.2, 0) is 12.3 Å². The summed E-state index contributed by atoms with van der Waals surface area (Å²) in [5, 5.41) is 14.1. The van der Waals surface area contributed by atoms with E-state index in [1.807, 2.05) is 29.8 Å². The van der Waals surface area contributed by atoms with Crippen molar-refractivity contribution < 1.29 is 5.11 Å². The first-order valence-corrected chi connectivity index (χ1v) is 8.43. The summed E-state index contributed by atoms with van der Waals surface area (Å²) in [5.41, 5.74) is 3.19. The van der Waals surface area contributed by atoms with E-state index in [9.17, 15) is 5.11 Å². The van der Waals surface area contributed by atoms with E-state index in [2.05, 4.69) is 34.0 Å². The summed E-state index contributed by atoms with van der Waals surface area (Å²) in [7, 11) is 0. The van der Waals surface area contributed by atoms with Crippen molar-refractivity contribution in [2.45, 2.75) is 44.1 Å². The molecule has 1 atom stereocenters. The molecule has 1 N–H and O–H groups in total. The maximum atomic E-state index is 9.63. The van der Waals surface area contributed by atoms with E-state index in [-0.39, 0.29) is 0 Å². The highest BCUT2D eigenvalue weighted by atomic mass is 79.9. The molecule has 1 unspecified atom stereocenters. The Morgan fingerprint density at radius 2 is 2.20 bits per heavy atom. The lowest BCUT2D eigenvalue weighted by Gasteiger charge is -2.08. The second-order valence-corrected chi connectivity index (χ2v) is 6.54. The van der Waals surface area contributed by atoms with E-state index >= 15 is 0 Å². The van der Waals surface area contributed by atoms with Gasteiger partial charge < -0.3 is 5.11 Å². The summed E-state index contributed by atoms with van der Waals surface area (Å²) in [6.07, 6.45) is -0.425.